The highest BCUT2D eigenvalue weighted by molar-refractivity contribution is 5.80. The lowest BCUT2D eigenvalue weighted by Crippen LogP contribution is -2.31. The maximum absolute atomic E-state index is 11.5. The van der Waals surface area contributed by atoms with Gasteiger partial charge in [0.2, 0.25) is 11.8 Å². The first-order chi connectivity index (χ1) is 8.52. The maximum atomic E-state index is 11.5. The van der Waals surface area contributed by atoms with Gasteiger partial charge in [-0.1, -0.05) is 13.8 Å². The van der Waals surface area contributed by atoms with Crippen LogP contribution in [0.4, 0.5) is 5.82 Å². The number of amides is 1. The molecule has 0 aliphatic carbocycles. The van der Waals surface area contributed by atoms with Crippen LogP contribution in [0.5, 0.6) is 5.88 Å². The fourth-order valence-corrected chi connectivity index (χ4v) is 1.46. The smallest absolute Gasteiger partial charge is 0.239 e. The van der Waals surface area contributed by atoms with Gasteiger partial charge in [-0.05, 0) is 12.3 Å². The molecule has 1 aromatic heterocycles. The number of hydrogen-bond donors (Lipinski definition) is 2. The molecular formula is C12H22N4O2. The summed E-state index contributed by atoms with van der Waals surface area (Å²) >= 11 is 0. The van der Waals surface area contributed by atoms with Crippen molar-refractivity contribution in [2.75, 3.05) is 25.5 Å². The predicted octanol–water partition coefficient (Wildman–Crippen LogP) is 1.00. The van der Waals surface area contributed by atoms with Crippen LogP contribution in [0.25, 0.3) is 0 Å². The number of nitrogens with zero attached hydrogens (tertiary/aromatic N) is 2. The number of rotatable bonds is 7. The number of nitrogens with one attached hydrogen (secondary N) is 2. The van der Waals surface area contributed by atoms with Crippen LogP contribution in [0.3, 0.4) is 0 Å². The van der Waals surface area contributed by atoms with Gasteiger partial charge in [-0.15, -0.1) is 0 Å². The Hall–Kier alpha value is -1.72. The molecule has 0 aliphatic rings. The summed E-state index contributed by atoms with van der Waals surface area (Å²) in [6, 6.07) is 1.75. The molecule has 0 spiro atoms. The van der Waals surface area contributed by atoms with E-state index in [0.717, 1.165) is 6.42 Å². The summed E-state index contributed by atoms with van der Waals surface area (Å²) in [7, 11) is 3.37. The summed E-state index contributed by atoms with van der Waals surface area (Å²) in [6.45, 7) is 5.19. The molecule has 102 valence electrons. The molecule has 0 unspecified atom stereocenters. The highest BCUT2D eigenvalue weighted by Crippen LogP contribution is 2.14. The quantitative estimate of drug-likeness (QED) is 0.762. The van der Waals surface area contributed by atoms with Crippen molar-refractivity contribution in [2.45, 2.75) is 20.3 Å². The third kappa shape index (κ3) is 4.65. The third-order valence-corrected chi connectivity index (χ3v) is 2.52. The second kappa shape index (κ2) is 6.88. The molecule has 2 N–H and O–H groups in total. The van der Waals surface area contributed by atoms with Crippen molar-refractivity contribution >= 4 is 11.7 Å². The maximum Gasteiger partial charge on any atom is 0.239 e. The zero-order chi connectivity index (χ0) is 13.5. The molecule has 1 rings (SSSR count). The Morgan fingerprint density at radius 2 is 2.28 bits per heavy atom. The first-order valence-electron chi connectivity index (χ1n) is 6.11. The van der Waals surface area contributed by atoms with Gasteiger partial charge in [0.15, 0.2) is 5.82 Å². The lowest BCUT2D eigenvalue weighted by Gasteiger charge is -2.07. The van der Waals surface area contributed by atoms with E-state index in [-0.39, 0.29) is 12.5 Å². The molecule has 18 heavy (non-hydrogen) atoms. The summed E-state index contributed by atoms with van der Waals surface area (Å²) in [5.41, 5.74) is 0. The van der Waals surface area contributed by atoms with Gasteiger partial charge < -0.3 is 15.4 Å². The van der Waals surface area contributed by atoms with E-state index in [0.29, 0.717) is 24.2 Å². The molecule has 0 bridgehead atoms. The van der Waals surface area contributed by atoms with Crippen molar-refractivity contribution in [1.82, 2.24) is 15.1 Å². The standard InChI is InChI=1S/C12H22N4O2/c1-9(2)5-6-13-11(17)8-14-10-7-12(18-4)16(3)15-10/h7,9H,5-6,8H2,1-4H3,(H,13,17)(H,14,15). The Labute approximate surface area is 108 Å². The van der Waals surface area contributed by atoms with Crippen molar-refractivity contribution in [3.8, 4) is 5.88 Å². The number of anilines is 1. The minimum absolute atomic E-state index is 0.0275. The molecule has 0 aliphatic heterocycles. The van der Waals surface area contributed by atoms with E-state index in [1.54, 1.807) is 24.9 Å². The highest BCUT2D eigenvalue weighted by atomic mass is 16.5. The molecule has 0 saturated heterocycles. The number of aryl methyl sites for hydroxylation is 1. The van der Waals surface area contributed by atoms with Crippen molar-refractivity contribution in [1.29, 1.82) is 0 Å². The average molecular weight is 254 g/mol. The lowest BCUT2D eigenvalue weighted by atomic mass is 10.1. The minimum atomic E-state index is -0.0275. The van der Waals surface area contributed by atoms with Crippen molar-refractivity contribution in [2.24, 2.45) is 13.0 Å². The van der Waals surface area contributed by atoms with E-state index >= 15 is 0 Å². The van der Waals surface area contributed by atoms with Gasteiger partial charge in [-0.3, -0.25) is 4.79 Å². The number of aromatic nitrogens is 2. The van der Waals surface area contributed by atoms with Crippen molar-refractivity contribution in [3.63, 3.8) is 0 Å². The third-order valence-electron chi connectivity index (χ3n) is 2.52. The fourth-order valence-electron chi connectivity index (χ4n) is 1.46. The summed E-state index contributed by atoms with van der Waals surface area (Å²) in [4.78, 5) is 11.5. The molecule has 1 amide bonds. The predicted molar refractivity (Wildman–Crippen MR) is 70.7 cm³/mol. The summed E-state index contributed by atoms with van der Waals surface area (Å²) < 4.78 is 6.69. The molecule has 0 radical (unpaired) electrons. The van der Waals surface area contributed by atoms with E-state index in [1.165, 1.54) is 0 Å². The number of carbonyl (C=O) groups excluding carboxylic acids is 1. The van der Waals surface area contributed by atoms with Crippen molar-refractivity contribution < 1.29 is 9.53 Å². The molecule has 1 heterocycles. The van der Waals surface area contributed by atoms with Gasteiger partial charge in [0.05, 0.1) is 13.7 Å². The SMILES string of the molecule is COc1cc(NCC(=O)NCCC(C)C)nn1C. The van der Waals surface area contributed by atoms with E-state index < -0.39 is 0 Å². The molecular weight excluding hydrogens is 232 g/mol. The Balaban J connectivity index is 2.29. The van der Waals surface area contributed by atoms with Crippen molar-refractivity contribution in [3.05, 3.63) is 6.07 Å². The average Bonchev–Trinajstić information content (AvgIpc) is 2.66. The van der Waals surface area contributed by atoms with E-state index in [2.05, 4.69) is 29.6 Å². The largest absolute Gasteiger partial charge is 0.481 e. The summed E-state index contributed by atoms with van der Waals surface area (Å²) in [6.07, 6.45) is 0.989. The Kier molecular flexibility index (Phi) is 5.48. The fraction of sp³-hybridized carbons (Fsp3) is 0.667. The van der Waals surface area contributed by atoms with E-state index in [4.69, 9.17) is 4.74 Å². The zero-order valence-electron chi connectivity index (χ0n) is 11.5. The second-order valence-corrected chi connectivity index (χ2v) is 4.58. The normalized spacial score (nSPS) is 10.5. The number of ether oxygens (including phenoxy) is 1. The Morgan fingerprint density at radius 1 is 1.56 bits per heavy atom. The van der Waals surface area contributed by atoms with Crippen LogP contribution in [0, 0.1) is 5.92 Å². The first kappa shape index (κ1) is 14.3. The zero-order valence-corrected chi connectivity index (χ0v) is 11.5. The number of methoxy groups -OCH3 is 1. The van der Waals surface area contributed by atoms with Crippen LogP contribution in [0.1, 0.15) is 20.3 Å². The molecule has 0 atom stereocenters. The van der Waals surface area contributed by atoms with Gasteiger partial charge in [0.1, 0.15) is 0 Å². The number of carbonyl (C=O) groups is 1. The summed E-state index contributed by atoms with van der Waals surface area (Å²) in [5.74, 6) is 1.85. The van der Waals surface area contributed by atoms with Crippen LogP contribution in [0.2, 0.25) is 0 Å². The van der Waals surface area contributed by atoms with Crippen LogP contribution in [-0.4, -0.2) is 35.9 Å². The Bertz CT molecular complexity index is 387. The van der Waals surface area contributed by atoms with Gasteiger partial charge in [-0.2, -0.15) is 5.10 Å². The molecule has 0 saturated carbocycles. The lowest BCUT2D eigenvalue weighted by molar-refractivity contribution is -0.119. The monoisotopic (exact) mass is 254 g/mol. The summed E-state index contributed by atoms with van der Waals surface area (Å²) in [5, 5.41) is 9.97. The van der Waals surface area contributed by atoms with Crippen LogP contribution < -0.4 is 15.4 Å². The first-order valence-corrected chi connectivity index (χ1v) is 6.11. The molecule has 6 heteroatoms. The molecule has 6 nitrogen and oxygen atoms in total. The van der Waals surface area contributed by atoms with E-state index in [1.807, 2.05) is 0 Å². The van der Waals surface area contributed by atoms with Crippen LogP contribution in [-0.2, 0) is 11.8 Å². The second-order valence-electron chi connectivity index (χ2n) is 4.58. The topological polar surface area (TPSA) is 68.2 Å². The number of hydrogen-bond acceptors (Lipinski definition) is 4. The van der Waals surface area contributed by atoms with Gasteiger partial charge >= 0.3 is 0 Å². The van der Waals surface area contributed by atoms with Gasteiger partial charge in [0.25, 0.3) is 0 Å². The molecule has 0 aromatic carbocycles. The highest BCUT2D eigenvalue weighted by Gasteiger charge is 2.06. The van der Waals surface area contributed by atoms with Gasteiger partial charge in [0, 0.05) is 19.7 Å². The molecule has 1 aromatic rings. The minimum Gasteiger partial charge on any atom is -0.481 e. The van der Waals surface area contributed by atoms with Crippen LogP contribution >= 0.6 is 0 Å². The Morgan fingerprint density at radius 3 is 2.83 bits per heavy atom. The van der Waals surface area contributed by atoms with Crippen LogP contribution in [0.15, 0.2) is 6.07 Å². The molecule has 0 fully saturated rings. The van der Waals surface area contributed by atoms with E-state index in [9.17, 15) is 4.79 Å². The van der Waals surface area contributed by atoms with Gasteiger partial charge in [-0.25, -0.2) is 4.68 Å².